The van der Waals surface area contributed by atoms with Crippen LogP contribution in [0.15, 0.2) is 0 Å². The third kappa shape index (κ3) is 17.5. The second-order valence-corrected chi connectivity index (χ2v) is 0.789. The fraction of sp³-hybridized carbons (Fsp3) is 1.00. The molecule has 5 heavy (non-hydrogen) atoms. The molecule has 0 aliphatic carbocycles. The third-order valence-electron chi connectivity index (χ3n) is 0.289. The van der Waals surface area contributed by atoms with E-state index < -0.39 is 0 Å². The van der Waals surface area contributed by atoms with Gasteiger partial charge >= 0.3 is 1.43 Å². The highest BCUT2D eigenvalue weighted by molar-refractivity contribution is 4.19. The molecule has 0 aromatic carbocycles. The van der Waals surface area contributed by atoms with Gasteiger partial charge in [0.05, 0.1) is 0 Å². The molecule has 0 aromatic heterocycles. The first-order chi connectivity index (χ1) is 1.91. The SMILES string of the molecule is CCCN.[F-].[H+]. The third-order valence-corrected chi connectivity index (χ3v) is 0.289. The summed E-state index contributed by atoms with van der Waals surface area (Å²) in [4.78, 5) is 0. The Morgan fingerprint density at radius 1 is 1.80 bits per heavy atom. The van der Waals surface area contributed by atoms with Crippen molar-refractivity contribution < 1.29 is 6.13 Å². The van der Waals surface area contributed by atoms with Gasteiger partial charge in [-0.2, -0.15) is 0 Å². The Bertz CT molecular complexity index is 12.8. The van der Waals surface area contributed by atoms with Crippen LogP contribution in [-0.4, -0.2) is 6.54 Å². The normalized spacial score (nSPS) is 6.00. The first kappa shape index (κ1) is 8.86. The monoisotopic (exact) mass is 79.1 g/mol. The Balaban J connectivity index is -0.0000000450. The smallest absolute Gasteiger partial charge is 1.00 e. The van der Waals surface area contributed by atoms with Gasteiger partial charge in [0.2, 0.25) is 0 Å². The number of nitrogens with two attached hydrogens (primary N) is 1. The van der Waals surface area contributed by atoms with Crippen LogP contribution in [0.4, 0.5) is 0 Å². The summed E-state index contributed by atoms with van der Waals surface area (Å²) < 4.78 is 0. The largest absolute Gasteiger partial charge is 1.00 e. The van der Waals surface area contributed by atoms with Gasteiger partial charge in [-0.25, -0.2) is 0 Å². The lowest BCUT2D eigenvalue weighted by Crippen LogP contribution is -3.00. The maximum absolute atomic E-state index is 5.03. The number of hydrogen-bond acceptors (Lipinski definition) is 1. The molecule has 0 rings (SSSR count). The number of halogens is 1. The van der Waals surface area contributed by atoms with Crippen LogP contribution in [0.1, 0.15) is 14.8 Å². The molecule has 0 amide bonds. The molecule has 0 unspecified atom stereocenters. The molecule has 0 saturated heterocycles. The molecule has 2 heteroatoms. The zero-order chi connectivity index (χ0) is 3.41. The van der Waals surface area contributed by atoms with Crippen LogP contribution >= 0.6 is 0 Å². The van der Waals surface area contributed by atoms with Gasteiger partial charge in [-0.05, 0) is 13.0 Å². The molecule has 0 atom stereocenters. The summed E-state index contributed by atoms with van der Waals surface area (Å²) in [6.45, 7) is 2.88. The molecule has 0 aliphatic rings. The van der Waals surface area contributed by atoms with Crippen molar-refractivity contribution in [2.24, 2.45) is 5.73 Å². The number of rotatable bonds is 1. The first-order valence-corrected chi connectivity index (χ1v) is 1.62. The van der Waals surface area contributed by atoms with E-state index in [1.165, 1.54) is 0 Å². The van der Waals surface area contributed by atoms with Gasteiger partial charge in [0.1, 0.15) is 0 Å². The molecule has 0 heterocycles. The Kier molecular flexibility index (Phi) is 16.1. The zero-order valence-corrected chi connectivity index (χ0v) is 3.37. The van der Waals surface area contributed by atoms with E-state index in [2.05, 4.69) is 6.92 Å². The Hall–Kier alpha value is -0.110. The van der Waals surface area contributed by atoms with Crippen molar-refractivity contribution in [2.75, 3.05) is 6.54 Å². The highest BCUT2D eigenvalue weighted by atomic mass is 19.0. The summed E-state index contributed by atoms with van der Waals surface area (Å²) in [6.07, 6.45) is 1.10. The molecular weight excluding hydrogens is 69.0 g/mol. The summed E-state index contributed by atoms with van der Waals surface area (Å²) in [5, 5.41) is 0. The van der Waals surface area contributed by atoms with Crippen LogP contribution in [0.3, 0.4) is 0 Å². The van der Waals surface area contributed by atoms with E-state index in [-0.39, 0.29) is 6.13 Å². The molecule has 0 spiro atoms. The molecule has 0 radical (unpaired) electrons. The van der Waals surface area contributed by atoms with Crippen molar-refractivity contribution in [3.63, 3.8) is 0 Å². The van der Waals surface area contributed by atoms with Crippen LogP contribution in [0, 0.1) is 0 Å². The Morgan fingerprint density at radius 2 is 2.00 bits per heavy atom. The lowest BCUT2D eigenvalue weighted by atomic mass is 10.5. The lowest BCUT2D eigenvalue weighted by Gasteiger charge is -1.70. The van der Waals surface area contributed by atoms with Gasteiger partial charge in [0, 0.05) is 0 Å². The standard InChI is InChI=1S/C3H9N.FH/c1-2-3-4;/h2-4H2,1H3;1H. The molecular formula is C3H10FN. The van der Waals surface area contributed by atoms with Crippen molar-refractivity contribution in [3.8, 4) is 0 Å². The van der Waals surface area contributed by atoms with E-state index in [9.17, 15) is 0 Å². The predicted octanol–water partition coefficient (Wildman–Crippen LogP) is -2.53. The van der Waals surface area contributed by atoms with Crippen LogP contribution in [0.5, 0.6) is 0 Å². The van der Waals surface area contributed by atoms with Gasteiger partial charge in [-0.1, -0.05) is 6.92 Å². The van der Waals surface area contributed by atoms with Crippen LogP contribution in [0.2, 0.25) is 0 Å². The van der Waals surface area contributed by atoms with E-state index in [1.54, 1.807) is 0 Å². The van der Waals surface area contributed by atoms with Gasteiger partial charge in [0.25, 0.3) is 0 Å². The van der Waals surface area contributed by atoms with E-state index in [1.807, 2.05) is 0 Å². The Labute approximate surface area is 33.0 Å². The minimum Gasteiger partial charge on any atom is -1.00 e. The predicted molar refractivity (Wildman–Crippen MR) is 20.5 cm³/mol. The van der Waals surface area contributed by atoms with Gasteiger partial charge in [-0.3, -0.25) is 0 Å². The second kappa shape index (κ2) is 9.10. The van der Waals surface area contributed by atoms with Crippen LogP contribution in [-0.2, 0) is 0 Å². The summed E-state index contributed by atoms with van der Waals surface area (Å²) in [5.74, 6) is 0. The molecule has 0 bridgehead atoms. The van der Waals surface area contributed by atoms with E-state index in [0.717, 1.165) is 13.0 Å². The average molecular weight is 79.1 g/mol. The Morgan fingerprint density at radius 3 is 2.00 bits per heavy atom. The molecule has 0 fully saturated rings. The van der Waals surface area contributed by atoms with Crippen molar-refractivity contribution in [2.45, 2.75) is 13.3 Å². The van der Waals surface area contributed by atoms with Crippen molar-refractivity contribution in [1.82, 2.24) is 0 Å². The molecule has 34 valence electrons. The quantitative estimate of drug-likeness (QED) is 0.368. The van der Waals surface area contributed by atoms with E-state index in [4.69, 9.17) is 5.73 Å². The zero-order valence-electron chi connectivity index (χ0n) is 4.37. The highest BCUT2D eigenvalue weighted by Crippen LogP contribution is 1.57. The lowest BCUT2D eigenvalue weighted by molar-refractivity contribution is -0.00000105. The van der Waals surface area contributed by atoms with Crippen molar-refractivity contribution in [3.05, 3.63) is 0 Å². The molecule has 0 aliphatic heterocycles. The van der Waals surface area contributed by atoms with Gasteiger partial charge in [0.15, 0.2) is 0 Å². The van der Waals surface area contributed by atoms with Crippen molar-refractivity contribution >= 4 is 0 Å². The van der Waals surface area contributed by atoms with E-state index in [0.29, 0.717) is 0 Å². The van der Waals surface area contributed by atoms with Gasteiger partial charge in [-0.15, -0.1) is 0 Å². The van der Waals surface area contributed by atoms with Crippen LogP contribution < -0.4 is 10.4 Å². The number of hydrogen-bond donors (Lipinski definition) is 1. The maximum atomic E-state index is 5.03. The second-order valence-electron chi connectivity index (χ2n) is 0.789. The average Bonchev–Trinajstić information content (AvgIpc) is 1.37. The summed E-state index contributed by atoms with van der Waals surface area (Å²) in [5.41, 5.74) is 5.03. The maximum Gasteiger partial charge on any atom is 1.00 e. The molecule has 0 aromatic rings. The fourth-order valence-electron chi connectivity index (χ4n) is 0. The topological polar surface area (TPSA) is 26.0 Å². The summed E-state index contributed by atoms with van der Waals surface area (Å²) in [6, 6.07) is 0. The minimum atomic E-state index is 0. The van der Waals surface area contributed by atoms with Crippen molar-refractivity contribution in [1.29, 1.82) is 0 Å². The molecule has 0 saturated carbocycles. The van der Waals surface area contributed by atoms with Gasteiger partial charge < -0.3 is 10.4 Å². The summed E-state index contributed by atoms with van der Waals surface area (Å²) in [7, 11) is 0. The fourth-order valence-corrected chi connectivity index (χ4v) is 0. The highest BCUT2D eigenvalue weighted by Gasteiger charge is 1.55. The molecule has 2 N–H and O–H groups in total. The first-order valence-electron chi connectivity index (χ1n) is 1.62. The minimum absolute atomic E-state index is 0. The molecule has 1 nitrogen and oxygen atoms in total. The van der Waals surface area contributed by atoms with E-state index >= 15 is 0 Å². The summed E-state index contributed by atoms with van der Waals surface area (Å²) >= 11 is 0. The van der Waals surface area contributed by atoms with Crippen LogP contribution in [0.25, 0.3) is 0 Å².